The normalized spacial score (nSPS) is 18.7. The summed E-state index contributed by atoms with van der Waals surface area (Å²) in [5.41, 5.74) is 8.76. The van der Waals surface area contributed by atoms with Crippen molar-refractivity contribution in [2.75, 3.05) is 11.4 Å². The van der Waals surface area contributed by atoms with Gasteiger partial charge in [0.1, 0.15) is 12.2 Å². The number of aryl methyl sites for hydroxylation is 1. The molecule has 106 valence electrons. The van der Waals surface area contributed by atoms with Crippen molar-refractivity contribution in [2.24, 2.45) is 5.73 Å². The molecule has 2 N–H and O–H groups in total. The second kappa shape index (κ2) is 5.63. The predicted octanol–water partition coefficient (Wildman–Crippen LogP) is 2.10. The standard InChI is InChI=1S/C15H21N5/c1-2-20-15(17-11-18-20)10-19-9-5-7-13(16)12-6-3-4-8-14(12)19/h3-4,6,8,11,13H,2,5,7,9-10,16H2,1H3. The molecule has 0 fully saturated rings. The molecular weight excluding hydrogens is 250 g/mol. The first-order chi connectivity index (χ1) is 9.79. The van der Waals surface area contributed by atoms with Crippen LogP contribution in [0.4, 0.5) is 5.69 Å². The number of para-hydroxylation sites is 1. The van der Waals surface area contributed by atoms with E-state index in [-0.39, 0.29) is 6.04 Å². The van der Waals surface area contributed by atoms with Gasteiger partial charge in [-0.25, -0.2) is 9.67 Å². The van der Waals surface area contributed by atoms with Gasteiger partial charge in [0.05, 0.1) is 6.54 Å². The highest BCUT2D eigenvalue weighted by Gasteiger charge is 2.21. The highest BCUT2D eigenvalue weighted by molar-refractivity contribution is 5.55. The molecule has 0 saturated carbocycles. The Labute approximate surface area is 119 Å². The van der Waals surface area contributed by atoms with Crippen LogP contribution in [0.5, 0.6) is 0 Å². The van der Waals surface area contributed by atoms with Crippen molar-refractivity contribution >= 4 is 5.69 Å². The Morgan fingerprint density at radius 2 is 2.20 bits per heavy atom. The van der Waals surface area contributed by atoms with Gasteiger partial charge < -0.3 is 10.6 Å². The largest absolute Gasteiger partial charge is 0.364 e. The zero-order valence-electron chi connectivity index (χ0n) is 11.9. The van der Waals surface area contributed by atoms with Crippen LogP contribution in [0.1, 0.15) is 37.2 Å². The summed E-state index contributed by atoms with van der Waals surface area (Å²) in [4.78, 5) is 6.76. The third kappa shape index (κ3) is 2.41. The fraction of sp³-hybridized carbons (Fsp3) is 0.467. The van der Waals surface area contributed by atoms with Crippen molar-refractivity contribution in [3.05, 3.63) is 42.0 Å². The van der Waals surface area contributed by atoms with E-state index in [1.165, 1.54) is 11.3 Å². The number of rotatable bonds is 3. The van der Waals surface area contributed by atoms with E-state index in [2.05, 4.69) is 46.2 Å². The number of nitrogens with zero attached hydrogens (tertiary/aromatic N) is 4. The Bertz CT molecular complexity index is 577. The summed E-state index contributed by atoms with van der Waals surface area (Å²) in [5, 5.41) is 4.25. The van der Waals surface area contributed by atoms with Crippen LogP contribution < -0.4 is 10.6 Å². The maximum absolute atomic E-state index is 6.28. The molecule has 5 nitrogen and oxygen atoms in total. The third-order valence-corrected chi connectivity index (χ3v) is 3.95. The Morgan fingerprint density at radius 3 is 3.05 bits per heavy atom. The molecule has 0 spiro atoms. The van der Waals surface area contributed by atoms with Gasteiger partial charge in [-0.15, -0.1) is 0 Å². The summed E-state index contributed by atoms with van der Waals surface area (Å²) in [5.74, 6) is 1.01. The van der Waals surface area contributed by atoms with Crippen LogP contribution in [-0.2, 0) is 13.1 Å². The van der Waals surface area contributed by atoms with E-state index < -0.39 is 0 Å². The fourth-order valence-corrected chi connectivity index (χ4v) is 2.88. The molecule has 2 aromatic rings. The molecule has 1 atom stereocenters. The molecule has 0 saturated heterocycles. The number of aromatic nitrogens is 3. The van der Waals surface area contributed by atoms with Gasteiger partial charge in [0, 0.05) is 24.8 Å². The molecule has 1 unspecified atom stereocenters. The number of nitrogens with two attached hydrogens (primary N) is 1. The van der Waals surface area contributed by atoms with E-state index in [0.29, 0.717) is 0 Å². The molecule has 5 heteroatoms. The van der Waals surface area contributed by atoms with E-state index in [1.807, 2.05) is 4.68 Å². The van der Waals surface area contributed by atoms with Gasteiger partial charge in [-0.3, -0.25) is 0 Å². The lowest BCUT2D eigenvalue weighted by molar-refractivity contribution is 0.590. The third-order valence-electron chi connectivity index (χ3n) is 3.95. The Balaban J connectivity index is 1.91. The van der Waals surface area contributed by atoms with Crippen molar-refractivity contribution in [1.82, 2.24) is 14.8 Å². The molecule has 1 aromatic heterocycles. The predicted molar refractivity (Wildman–Crippen MR) is 79.4 cm³/mol. The Kier molecular flexibility index (Phi) is 3.69. The van der Waals surface area contributed by atoms with E-state index in [4.69, 9.17) is 5.73 Å². The van der Waals surface area contributed by atoms with Crippen LogP contribution in [0.25, 0.3) is 0 Å². The second-order valence-electron chi connectivity index (χ2n) is 5.22. The summed E-state index contributed by atoms with van der Waals surface area (Å²) in [6, 6.07) is 8.58. The molecule has 1 aliphatic heterocycles. The molecule has 0 radical (unpaired) electrons. The Morgan fingerprint density at radius 1 is 1.35 bits per heavy atom. The van der Waals surface area contributed by atoms with Crippen molar-refractivity contribution in [3.63, 3.8) is 0 Å². The second-order valence-corrected chi connectivity index (χ2v) is 5.22. The first-order valence-electron chi connectivity index (χ1n) is 7.25. The van der Waals surface area contributed by atoms with Gasteiger partial charge in [0.25, 0.3) is 0 Å². The molecule has 1 aliphatic rings. The van der Waals surface area contributed by atoms with Crippen LogP contribution in [0.15, 0.2) is 30.6 Å². The average Bonchev–Trinajstić information content (AvgIpc) is 2.86. The first kappa shape index (κ1) is 13.1. The van der Waals surface area contributed by atoms with E-state index >= 15 is 0 Å². The van der Waals surface area contributed by atoms with Crippen molar-refractivity contribution in [2.45, 2.75) is 38.9 Å². The van der Waals surface area contributed by atoms with Gasteiger partial charge in [-0.2, -0.15) is 5.10 Å². The monoisotopic (exact) mass is 271 g/mol. The van der Waals surface area contributed by atoms with Crippen LogP contribution in [0.3, 0.4) is 0 Å². The molecular formula is C15H21N5. The summed E-state index contributed by atoms with van der Waals surface area (Å²) >= 11 is 0. The minimum absolute atomic E-state index is 0.139. The summed E-state index contributed by atoms with van der Waals surface area (Å²) in [6.07, 6.45) is 3.78. The van der Waals surface area contributed by atoms with Crippen molar-refractivity contribution < 1.29 is 0 Å². The fourth-order valence-electron chi connectivity index (χ4n) is 2.88. The van der Waals surface area contributed by atoms with Gasteiger partial charge >= 0.3 is 0 Å². The van der Waals surface area contributed by atoms with Crippen LogP contribution in [-0.4, -0.2) is 21.3 Å². The minimum Gasteiger partial charge on any atom is -0.364 e. The number of anilines is 1. The lowest BCUT2D eigenvalue weighted by Crippen LogP contribution is -2.25. The van der Waals surface area contributed by atoms with Gasteiger partial charge in [0.2, 0.25) is 0 Å². The SMILES string of the molecule is CCn1ncnc1CN1CCCC(N)c2ccccc21. The first-order valence-corrected chi connectivity index (χ1v) is 7.25. The lowest BCUT2D eigenvalue weighted by Gasteiger charge is -2.25. The zero-order valence-corrected chi connectivity index (χ0v) is 11.9. The van der Waals surface area contributed by atoms with Gasteiger partial charge in [-0.05, 0) is 31.4 Å². The van der Waals surface area contributed by atoms with Crippen molar-refractivity contribution in [3.8, 4) is 0 Å². The van der Waals surface area contributed by atoms with Crippen LogP contribution >= 0.6 is 0 Å². The van der Waals surface area contributed by atoms with Gasteiger partial charge in [0.15, 0.2) is 0 Å². The number of benzene rings is 1. The summed E-state index contributed by atoms with van der Waals surface area (Å²) in [6.45, 7) is 4.74. The highest BCUT2D eigenvalue weighted by atomic mass is 15.3. The maximum atomic E-state index is 6.28. The molecule has 1 aromatic carbocycles. The van der Waals surface area contributed by atoms with Gasteiger partial charge in [-0.1, -0.05) is 18.2 Å². The highest BCUT2D eigenvalue weighted by Crippen LogP contribution is 2.31. The minimum atomic E-state index is 0.139. The van der Waals surface area contributed by atoms with Crippen LogP contribution in [0.2, 0.25) is 0 Å². The van der Waals surface area contributed by atoms with Crippen LogP contribution in [0, 0.1) is 0 Å². The molecule has 0 amide bonds. The number of hydrogen-bond donors (Lipinski definition) is 1. The number of hydrogen-bond acceptors (Lipinski definition) is 4. The van der Waals surface area contributed by atoms with E-state index in [9.17, 15) is 0 Å². The quantitative estimate of drug-likeness (QED) is 0.928. The molecule has 3 rings (SSSR count). The van der Waals surface area contributed by atoms with Crippen molar-refractivity contribution in [1.29, 1.82) is 0 Å². The summed E-state index contributed by atoms with van der Waals surface area (Å²) in [7, 11) is 0. The lowest BCUT2D eigenvalue weighted by atomic mass is 10.0. The topological polar surface area (TPSA) is 60.0 Å². The maximum Gasteiger partial charge on any atom is 0.146 e. The molecule has 20 heavy (non-hydrogen) atoms. The molecule has 0 bridgehead atoms. The number of fused-ring (bicyclic) bond motifs is 1. The molecule has 2 heterocycles. The van der Waals surface area contributed by atoms with E-state index in [1.54, 1.807) is 6.33 Å². The Hall–Kier alpha value is -1.88. The molecule has 0 aliphatic carbocycles. The van der Waals surface area contributed by atoms with E-state index in [0.717, 1.165) is 38.3 Å². The smallest absolute Gasteiger partial charge is 0.146 e. The zero-order chi connectivity index (χ0) is 13.9. The average molecular weight is 271 g/mol. The summed E-state index contributed by atoms with van der Waals surface area (Å²) < 4.78 is 1.95.